The topological polar surface area (TPSA) is 46.1 Å². The smallest absolute Gasteiger partial charge is 0.273 e. The fraction of sp³-hybridized carbons (Fsp3) is 0.118. The zero-order chi connectivity index (χ0) is 14.2. The summed E-state index contributed by atoms with van der Waals surface area (Å²) in [5, 5.41) is 1.93. The normalized spacial score (nSPS) is 13.4. The molecule has 1 aliphatic rings. The molecule has 4 nitrogen and oxygen atoms in total. The highest BCUT2D eigenvalue weighted by atomic mass is 16.2. The Hall–Kier alpha value is -2.75. The Bertz CT molecular complexity index is 814. The highest BCUT2D eigenvalue weighted by Crippen LogP contribution is 2.24. The summed E-state index contributed by atoms with van der Waals surface area (Å²) in [5.41, 5.74) is 2.61. The van der Waals surface area contributed by atoms with Crippen LogP contribution < -0.4 is 0 Å². The van der Waals surface area contributed by atoms with Gasteiger partial charge in [-0.25, -0.2) is 0 Å². The first-order valence-electron chi connectivity index (χ1n) is 6.89. The molecule has 3 heterocycles. The molecule has 1 aliphatic heterocycles. The highest BCUT2D eigenvalue weighted by molar-refractivity contribution is 6.05. The molecule has 2 aromatic heterocycles. The van der Waals surface area contributed by atoms with E-state index in [9.17, 15) is 4.79 Å². The third kappa shape index (κ3) is 1.96. The SMILES string of the molecule is O=C(c1nccc2ccccc12)N1Cc2cccnc2C1. The van der Waals surface area contributed by atoms with E-state index in [2.05, 4.69) is 9.97 Å². The van der Waals surface area contributed by atoms with Crippen LogP contribution in [-0.2, 0) is 13.1 Å². The molecule has 0 bridgehead atoms. The van der Waals surface area contributed by atoms with E-state index in [1.807, 2.05) is 42.5 Å². The number of benzene rings is 1. The van der Waals surface area contributed by atoms with Crippen molar-refractivity contribution < 1.29 is 4.79 Å². The van der Waals surface area contributed by atoms with Gasteiger partial charge in [-0.05, 0) is 23.1 Å². The van der Waals surface area contributed by atoms with Gasteiger partial charge in [-0.2, -0.15) is 0 Å². The van der Waals surface area contributed by atoms with Gasteiger partial charge in [-0.1, -0.05) is 30.3 Å². The van der Waals surface area contributed by atoms with Crippen LogP contribution in [0.1, 0.15) is 21.7 Å². The number of nitrogens with zero attached hydrogens (tertiary/aromatic N) is 3. The van der Waals surface area contributed by atoms with Crippen molar-refractivity contribution in [2.45, 2.75) is 13.1 Å². The van der Waals surface area contributed by atoms with E-state index < -0.39 is 0 Å². The van der Waals surface area contributed by atoms with Gasteiger partial charge in [0.15, 0.2) is 0 Å². The standard InChI is InChI=1S/C17H13N3O/c21-17(20-10-13-5-3-8-18-15(13)11-20)16-14-6-2-1-4-12(14)7-9-19-16/h1-9H,10-11H2. The molecule has 0 N–H and O–H groups in total. The van der Waals surface area contributed by atoms with Crippen molar-refractivity contribution in [3.05, 3.63) is 71.8 Å². The van der Waals surface area contributed by atoms with Crippen molar-refractivity contribution >= 4 is 16.7 Å². The molecule has 1 amide bonds. The summed E-state index contributed by atoms with van der Waals surface area (Å²) in [6.07, 6.45) is 3.46. The summed E-state index contributed by atoms with van der Waals surface area (Å²) >= 11 is 0. The number of pyridine rings is 2. The van der Waals surface area contributed by atoms with Crippen LogP contribution in [0.15, 0.2) is 54.9 Å². The predicted molar refractivity (Wildman–Crippen MR) is 79.6 cm³/mol. The van der Waals surface area contributed by atoms with E-state index in [0.717, 1.165) is 22.0 Å². The van der Waals surface area contributed by atoms with Crippen LogP contribution in [0.2, 0.25) is 0 Å². The zero-order valence-corrected chi connectivity index (χ0v) is 11.4. The molecule has 0 saturated carbocycles. The largest absolute Gasteiger partial charge is 0.327 e. The van der Waals surface area contributed by atoms with Gasteiger partial charge in [0.2, 0.25) is 0 Å². The number of fused-ring (bicyclic) bond motifs is 2. The van der Waals surface area contributed by atoms with E-state index in [4.69, 9.17) is 0 Å². The Morgan fingerprint density at radius 1 is 0.952 bits per heavy atom. The van der Waals surface area contributed by atoms with Gasteiger partial charge in [0.1, 0.15) is 5.69 Å². The summed E-state index contributed by atoms with van der Waals surface area (Å²) in [6.45, 7) is 1.16. The lowest BCUT2D eigenvalue weighted by atomic mass is 10.1. The molecule has 0 unspecified atom stereocenters. The molecule has 0 radical (unpaired) electrons. The lowest BCUT2D eigenvalue weighted by Crippen LogP contribution is -2.26. The lowest BCUT2D eigenvalue weighted by Gasteiger charge is -2.15. The minimum atomic E-state index is -0.0372. The second-order valence-electron chi connectivity index (χ2n) is 5.15. The number of amides is 1. The molecule has 0 fully saturated rings. The predicted octanol–water partition coefficient (Wildman–Crippen LogP) is 2.79. The minimum Gasteiger partial charge on any atom is -0.327 e. The Morgan fingerprint density at radius 2 is 1.86 bits per heavy atom. The van der Waals surface area contributed by atoms with Crippen LogP contribution in [0.4, 0.5) is 0 Å². The molecule has 21 heavy (non-hydrogen) atoms. The van der Waals surface area contributed by atoms with Crippen LogP contribution in [0, 0.1) is 0 Å². The second-order valence-corrected chi connectivity index (χ2v) is 5.15. The minimum absolute atomic E-state index is 0.0372. The first-order valence-corrected chi connectivity index (χ1v) is 6.89. The third-order valence-electron chi connectivity index (χ3n) is 3.85. The lowest BCUT2D eigenvalue weighted by molar-refractivity contribution is 0.0746. The molecule has 1 aromatic carbocycles. The number of carbonyl (C=O) groups excluding carboxylic acids is 1. The Morgan fingerprint density at radius 3 is 2.76 bits per heavy atom. The fourth-order valence-corrected chi connectivity index (χ4v) is 2.78. The Balaban J connectivity index is 1.72. The first kappa shape index (κ1) is 12.0. The summed E-state index contributed by atoms with van der Waals surface area (Å²) in [6, 6.07) is 13.7. The summed E-state index contributed by atoms with van der Waals surface area (Å²) in [4.78, 5) is 23.2. The van der Waals surface area contributed by atoms with Crippen LogP contribution >= 0.6 is 0 Å². The van der Waals surface area contributed by atoms with Crippen LogP contribution in [0.3, 0.4) is 0 Å². The van der Waals surface area contributed by atoms with Gasteiger partial charge in [0.05, 0.1) is 12.2 Å². The second kappa shape index (κ2) is 4.66. The van der Waals surface area contributed by atoms with Crippen molar-refractivity contribution in [2.75, 3.05) is 0 Å². The first-order chi connectivity index (χ1) is 10.3. The summed E-state index contributed by atoms with van der Waals surface area (Å²) < 4.78 is 0. The summed E-state index contributed by atoms with van der Waals surface area (Å²) in [7, 11) is 0. The molecule has 3 aromatic rings. The molecule has 4 rings (SSSR count). The van der Waals surface area contributed by atoms with Gasteiger partial charge in [0, 0.05) is 24.3 Å². The number of hydrogen-bond donors (Lipinski definition) is 0. The van der Waals surface area contributed by atoms with Crippen LogP contribution in [0.25, 0.3) is 10.8 Å². The van der Waals surface area contributed by atoms with Crippen LogP contribution in [0.5, 0.6) is 0 Å². The van der Waals surface area contributed by atoms with Crippen molar-refractivity contribution in [2.24, 2.45) is 0 Å². The average molecular weight is 275 g/mol. The van der Waals surface area contributed by atoms with Crippen molar-refractivity contribution in [1.29, 1.82) is 0 Å². The van der Waals surface area contributed by atoms with Gasteiger partial charge in [-0.3, -0.25) is 14.8 Å². The molecule has 0 atom stereocenters. The van der Waals surface area contributed by atoms with E-state index in [1.54, 1.807) is 17.3 Å². The Labute approximate surface area is 122 Å². The maximum atomic E-state index is 12.8. The maximum absolute atomic E-state index is 12.8. The van der Waals surface area contributed by atoms with E-state index in [0.29, 0.717) is 18.8 Å². The number of carbonyl (C=O) groups is 1. The molecule has 0 saturated heterocycles. The Kier molecular flexibility index (Phi) is 2.67. The fourth-order valence-electron chi connectivity index (χ4n) is 2.78. The average Bonchev–Trinajstić information content (AvgIpc) is 2.97. The van der Waals surface area contributed by atoms with Gasteiger partial charge in [-0.15, -0.1) is 0 Å². The number of aromatic nitrogens is 2. The monoisotopic (exact) mass is 275 g/mol. The molecule has 0 spiro atoms. The van der Waals surface area contributed by atoms with Crippen molar-refractivity contribution in [1.82, 2.24) is 14.9 Å². The molecule has 4 heteroatoms. The number of hydrogen-bond acceptors (Lipinski definition) is 3. The van der Waals surface area contributed by atoms with E-state index >= 15 is 0 Å². The third-order valence-corrected chi connectivity index (χ3v) is 3.85. The highest BCUT2D eigenvalue weighted by Gasteiger charge is 2.26. The zero-order valence-electron chi connectivity index (χ0n) is 11.4. The quantitative estimate of drug-likeness (QED) is 0.686. The van der Waals surface area contributed by atoms with Crippen LogP contribution in [-0.4, -0.2) is 20.8 Å². The molecule has 102 valence electrons. The van der Waals surface area contributed by atoms with Gasteiger partial charge >= 0.3 is 0 Å². The number of rotatable bonds is 1. The van der Waals surface area contributed by atoms with Gasteiger partial charge < -0.3 is 4.90 Å². The molecule has 0 aliphatic carbocycles. The van der Waals surface area contributed by atoms with E-state index in [-0.39, 0.29) is 5.91 Å². The molecular weight excluding hydrogens is 262 g/mol. The molecular formula is C17H13N3O. The van der Waals surface area contributed by atoms with E-state index in [1.165, 1.54) is 0 Å². The van der Waals surface area contributed by atoms with Crippen molar-refractivity contribution in [3.63, 3.8) is 0 Å². The van der Waals surface area contributed by atoms with Gasteiger partial charge in [0.25, 0.3) is 5.91 Å². The summed E-state index contributed by atoms with van der Waals surface area (Å²) in [5.74, 6) is -0.0372. The van der Waals surface area contributed by atoms with Crippen molar-refractivity contribution in [3.8, 4) is 0 Å². The maximum Gasteiger partial charge on any atom is 0.273 e.